The maximum absolute atomic E-state index is 12.6. The van der Waals surface area contributed by atoms with Crippen LogP contribution in [-0.2, 0) is 13.6 Å². The molecule has 5 nitrogen and oxygen atoms in total. The molecule has 0 aliphatic rings. The lowest BCUT2D eigenvalue weighted by Crippen LogP contribution is -2.39. The second kappa shape index (κ2) is 5.52. The smallest absolute Gasteiger partial charge is 0.331 e. The standard InChI is InChI=1S/C17H16N2O3/c1-18-15-9-4-3-8-14(15)16(20)19(17(18)21)11-12-6-5-7-13(10-12)22-2/h3-10H,11H2,1-2H3. The molecule has 0 aliphatic carbocycles. The van der Waals surface area contributed by atoms with Crippen molar-refractivity contribution >= 4 is 10.9 Å². The summed E-state index contributed by atoms with van der Waals surface area (Å²) >= 11 is 0. The fraction of sp³-hybridized carbons (Fsp3) is 0.176. The van der Waals surface area contributed by atoms with Crippen molar-refractivity contribution < 1.29 is 4.74 Å². The number of para-hydroxylation sites is 1. The van der Waals surface area contributed by atoms with Gasteiger partial charge in [-0.25, -0.2) is 4.79 Å². The highest BCUT2D eigenvalue weighted by Gasteiger charge is 2.11. The van der Waals surface area contributed by atoms with Crippen molar-refractivity contribution in [1.29, 1.82) is 0 Å². The summed E-state index contributed by atoms with van der Waals surface area (Å²) in [6.07, 6.45) is 0. The van der Waals surface area contributed by atoms with Crippen LogP contribution in [0.3, 0.4) is 0 Å². The molecule has 1 aromatic heterocycles. The Morgan fingerprint density at radius 2 is 1.82 bits per heavy atom. The van der Waals surface area contributed by atoms with E-state index in [0.717, 1.165) is 5.56 Å². The van der Waals surface area contributed by atoms with E-state index >= 15 is 0 Å². The van der Waals surface area contributed by atoms with Gasteiger partial charge in [0.25, 0.3) is 5.56 Å². The second-order valence-electron chi connectivity index (χ2n) is 5.10. The molecule has 3 rings (SSSR count). The fourth-order valence-corrected chi connectivity index (χ4v) is 2.56. The highest BCUT2D eigenvalue weighted by atomic mass is 16.5. The van der Waals surface area contributed by atoms with E-state index in [2.05, 4.69) is 0 Å². The minimum Gasteiger partial charge on any atom is -0.497 e. The number of hydrogen-bond donors (Lipinski definition) is 0. The molecule has 0 fully saturated rings. The summed E-state index contributed by atoms with van der Waals surface area (Å²) in [7, 11) is 3.26. The molecule has 0 N–H and O–H groups in total. The van der Waals surface area contributed by atoms with Crippen LogP contribution in [0.2, 0.25) is 0 Å². The van der Waals surface area contributed by atoms with Crippen molar-refractivity contribution in [2.45, 2.75) is 6.54 Å². The molecule has 112 valence electrons. The van der Waals surface area contributed by atoms with Crippen LogP contribution in [0.25, 0.3) is 10.9 Å². The van der Waals surface area contributed by atoms with Gasteiger partial charge < -0.3 is 4.74 Å². The van der Waals surface area contributed by atoms with Crippen LogP contribution in [0.15, 0.2) is 58.1 Å². The molecule has 22 heavy (non-hydrogen) atoms. The lowest BCUT2D eigenvalue weighted by Gasteiger charge is -2.11. The van der Waals surface area contributed by atoms with Gasteiger partial charge in [-0.1, -0.05) is 24.3 Å². The summed E-state index contributed by atoms with van der Waals surface area (Å²) in [6.45, 7) is 0.216. The minimum atomic E-state index is -0.327. The number of rotatable bonds is 3. The summed E-state index contributed by atoms with van der Waals surface area (Å²) in [4.78, 5) is 25.0. The van der Waals surface area contributed by atoms with Gasteiger partial charge in [0.1, 0.15) is 5.75 Å². The molecule has 0 saturated heterocycles. The fourth-order valence-electron chi connectivity index (χ4n) is 2.56. The van der Waals surface area contributed by atoms with Crippen molar-refractivity contribution in [3.8, 4) is 5.75 Å². The maximum Gasteiger partial charge on any atom is 0.331 e. The summed E-state index contributed by atoms with van der Waals surface area (Å²) in [5, 5.41) is 0.535. The monoisotopic (exact) mass is 296 g/mol. The molecule has 0 radical (unpaired) electrons. The van der Waals surface area contributed by atoms with E-state index in [-0.39, 0.29) is 17.8 Å². The number of ether oxygens (including phenoxy) is 1. The first-order chi connectivity index (χ1) is 10.6. The number of aromatic nitrogens is 2. The summed E-state index contributed by atoms with van der Waals surface area (Å²) in [6, 6.07) is 14.5. The SMILES string of the molecule is COc1cccc(Cn2c(=O)c3ccccc3n(C)c2=O)c1. The van der Waals surface area contributed by atoms with Crippen LogP contribution < -0.4 is 16.0 Å². The van der Waals surface area contributed by atoms with Gasteiger partial charge in [0, 0.05) is 7.05 Å². The summed E-state index contributed by atoms with van der Waals surface area (Å²) in [5.41, 5.74) is 0.876. The third kappa shape index (κ3) is 2.30. The number of aryl methyl sites for hydroxylation is 1. The van der Waals surface area contributed by atoms with Crippen LogP contribution in [0.5, 0.6) is 5.75 Å². The van der Waals surface area contributed by atoms with Gasteiger partial charge in [-0.15, -0.1) is 0 Å². The predicted octanol–water partition coefficient (Wildman–Crippen LogP) is 1.76. The van der Waals surface area contributed by atoms with Crippen LogP contribution in [0.4, 0.5) is 0 Å². The maximum atomic E-state index is 12.6. The lowest BCUT2D eigenvalue weighted by atomic mass is 10.2. The first-order valence-electron chi connectivity index (χ1n) is 6.93. The largest absolute Gasteiger partial charge is 0.497 e. The Morgan fingerprint density at radius 3 is 2.59 bits per heavy atom. The molecule has 2 aromatic carbocycles. The minimum absolute atomic E-state index is 0.216. The van der Waals surface area contributed by atoms with Crippen molar-refractivity contribution in [3.05, 3.63) is 74.9 Å². The zero-order valence-electron chi connectivity index (χ0n) is 12.4. The van der Waals surface area contributed by atoms with Crippen molar-refractivity contribution in [1.82, 2.24) is 9.13 Å². The second-order valence-corrected chi connectivity index (χ2v) is 5.10. The number of hydrogen-bond acceptors (Lipinski definition) is 3. The van der Waals surface area contributed by atoms with Gasteiger partial charge in [-0.2, -0.15) is 0 Å². The first kappa shape index (κ1) is 14.1. The molecular formula is C17H16N2O3. The van der Waals surface area contributed by atoms with E-state index in [9.17, 15) is 9.59 Å². The van der Waals surface area contributed by atoms with Gasteiger partial charge in [0.15, 0.2) is 0 Å². The average molecular weight is 296 g/mol. The van der Waals surface area contributed by atoms with Crippen LogP contribution in [0, 0.1) is 0 Å². The number of benzene rings is 2. The number of fused-ring (bicyclic) bond motifs is 1. The zero-order valence-corrected chi connectivity index (χ0v) is 12.4. The van der Waals surface area contributed by atoms with E-state index in [1.54, 1.807) is 32.4 Å². The Labute approximate surface area is 127 Å². The molecule has 3 aromatic rings. The van der Waals surface area contributed by atoms with Gasteiger partial charge in [0.2, 0.25) is 0 Å². The van der Waals surface area contributed by atoms with Crippen LogP contribution in [0.1, 0.15) is 5.56 Å². The first-order valence-corrected chi connectivity index (χ1v) is 6.93. The Balaban J connectivity index is 2.19. The number of nitrogens with zero attached hydrogens (tertiary/aromatic N) is 2. The third-order valence-electron chi connectivity index (χ3n) is 3.73. The zero-order chi connectivity index (χ0) is 15.7. The highest BCUT2D eigenvalue weighted by Crippen LogP contribution is 2.13. The predicted molar refractivity (Wildman–Crippen MR) is 85.5 cm³/mol. The van der Waals surface area contributed by atoms with Gasteiger partial charge >= 0.3 is 5.69 Å². The molecule has 5 heteroatoms. The van der Waals surface area contributed by atoms with Crippen molar-refractivity contribution in [3.63, 3.8) is 0 Å². The number of methoxy groups -OCH3 is 1. The lowest BCUT2D eigenvalue weighted by molar-refractivity contribution is 0.414. The normalized spacial score (nSPS) is 10.8. The summed E-state index contributed by atoms with van der Waals surface area (Å²) < 4.78 is 7.92. The van der Waals surface area contributed by atoms with E-state index in [1.165, 1.54) is 9.13 Å². The average Bonchev–Trinajstić information content (AvgIpc) is 2.57. The van der Waals surface area contributed by atoms with E-state index in [0.29, 0.717) is 16.7 Å². The molecule has 0 amide bonds. The highest BCUT2D eigenvalue weighted by molar-refractivity contribution is 5.77. The molecule has 1 heterocycles. The molecule has 0 unspecified atom stereocenters. The molecule has 0 saturated carbocycles. The Kier molecular flexibility index (Phi) is 3.55. The van der Waals surface area contributed by atoms with Gasteiger partial charge in [-0.3, -0.25) is 13.9 Å². The van der Waals surface area contributed by atoms with E-state index in [1.807, 2.05) is 30.3 Å². The van der Waals surface area contributed by atoms with Crippen LogP contribution in [-0.4, -0.2) is 16.2 Å². The third-order valence-corrected chi connectivity index (χ3v) is 3.73. The Morgan fingerprint density at radius 1 is 1.05 bits per heavy atom. The van der Waals surface area contributed by atoms with E-state index in [4.69, 9.17) is 4.74 Å². The Bertz CT molecular complexity index is 954. The molecule has 0 bridgehead atoms. The van der Waals surface area contributed by atoms with Crippen molar-refractivity contribution in [2.24, 2.45) is 7.05 Å². The topological polar surface area (TPSA) is 53.2 Å². The van der Waals surface area contributed by atoms with Gasteiger partial charge in [-0.05, 0) is 29.8 Å². The molecule has 0 atom stereocenters. The molecule has 0 aliphatic heterocycles. The molecule has 0 spiro atoms. The molecular weight excluding hydrogens is 280 g/mol. The van der Waals surface area contributed by atoms with Crippen LogP contribution >= 0.6 is 0 Å². The van der Waals surface area contributed by atoms with Gasteiger partial charge in [0.05, 0.1) is 24.6 Å². The van der Waals surface area contributed by atoms with E-state index < -0.39 is 0 Å². The Hall–Kier alpha value is -2.82. The summed E-state index contributed by atoms with van der Waals surface area (Å²) in [5.74, 6) is 0.697. The van der Waals surface area contributed by atoms with Crippen molar-refractivity contribution in [2.75, 3.05) is 7.11 Å². The quantitative estimate of drug-likeness (QED) is 0.740.